The summed E-state index contributed by atoms with van der Waals surface area (Å²) in [5.41, 5.74) is 5.06. The number of hydrogen-bond acceptors (Lipinski definition) is 10. The molecule has 3 aliphatic heterocycles. The highest BCUT2D eigenvalue weighted by Gasteiger charge is 2.34. The lowest BCUT2D eigenvalue weighted by atomic mass is 9.93. The Hall–Kier alpha value is -5.73. The Morgan fingerprint density at radius 3 is 2.48 bits per heavy atom. The molecule has 2 aromatic carbocycles. The average molecular weight is 738 g/mol. The van der Waals surface area contributed by atoms with Gasteiger partial charge >= 0.3 is 5.97 Å². The van der Waals surface area contributed by atoms with E-state index in [9.17, 15) is 33.9 Å². The Bertz CT molecular complexity index is 2240. The average Bonchev–Trinajstić information content (AvgIpc) is 3.71. The van der Waals surface area contributed by atoms with Crippen molar-refractivity contribution in [3.63, 3.8) is 0 Å². The molecule has 282 valence electrons. The Morgan fingerprint density at radius 1 is 0.963 bits per heavy atom. The Balaban J connectivity index is 0.00000245. The van der Waals surface area contributed by atoms with E-state index in [-0.39, 0.29) is 67.3 Å². The second kappa shape index (κ2) is 16.5. The Morgan fingerprint density at radius 2 is 1.72 bits per heavy atom. The normalized spacial score (nSPS) is 15.4. The Kier molecular flexibility index (Phi) is 11.6. The van der Waals surface area contributed by atoms with E-state index < -0.39 is 18.0 Å². The van der Waals surface area contributed by atoms with Gasteiger partial charge in [-0.1, -0.05) is 45.4 Å². The summed E-state index contributed by atoms with van der Waals surface area (Å²) in [7, 11) is 0. The topological polar surface area (TPSA) is 186 Å². The van der Waals surface area contributed by atoms with E-state index >= 15 is 0 Å². The molecule has 0 aliphatic carbocycles. The molecule has 1 unspecified atom stereocenters. The summed E-state index contributed by atoms with van der Waals surface area (Å²) in [5, 5.41) is 18.7. The number of hydrogen-bond donors (Lipinski definition) is 3. The number of aliphatic hydroxyl groups excluding tert-OH is 1. The molecule has 3 aliphatic rings. The zero-order valence-corrected chi connectivity index (χ0v) is 30.5. The fraction of sp³-hybridized carbons (Fsp3) is 0.375. The third-order valence-electron chi connectivity index (χ3n) is 9.74. The van der Waals surface area contributed by atoms with Gasteiger partial charge in [-0.2, -0.15) is 0 Å². The van der Waals surface area contributed by atoms with Gasteiger partial charge in [-0.15, -0.1) is 0 Å². The first-order valence-electron chi connectivity index (χ1n) is 18.3. The minimum atomic E-state index is -1.52. The van der Waals surface area contributed by atoms with Crippen LogP contribution in [0.2, 0.25) is 0 Å². The molecule has 4 aromatic rings. The maximum Gasteiger partial charge on any atom is 0.340 e. The van der Waals surface area contributed by atoms with Crippen molar-refractivity contribution in [2.75, 3.05) is 19.8 Å². The van der Waals surface area contributed by atoms with Crippen molar-refractivity contribution < 1.29 is 38.6 Å². The minimum absolute atomic E-state index is 0.0529. The smallest absolute Gasteiger partial charge is 0.340 e. The lowest BCUT2D eigenvalue weighted by molar-refractivity contribution is -0.157. The molecule has 7 rings (SSSR count). The summed E-state index contributed by atoms with van der Waals surface area (Å²) in [4.78, 5) is 79.3. The summed E-state index contributed by atoms with van der Waals surface area (Å²) in [5.74, 6) is -2.06. The van der Waals surface area contributed by atoms with E-state index in [1.165, 1.54) is 17.1 Å². The van der Waals surface area contributed by atoms with Crippen LogP contribution in [0.1, 0.15) is 80.4 Å². The van der Waals surface area contributed by atoms with E-state index in [1.807, 2.05) is 44.2 Å². The monoisotopic (exact) mass is 737 g/mol. The van der Waals surface area contributed by atoms with Gasteiger partial charge in [0.25, 0.3) is 17.4 Å². The van der Waals surface area contributed by atoms with Gasteiger partial charge in [0.15, 0.2) is 6.10 Å². The van der Waals surface area contributed by atoms with Crippen molar-refractivity contribution in [2.45, 2.75) is 78.7 Å². The van der Waals surface area contributed by atoms with Gasteiger partial charge in [-0.3, -0.25) is 28.9 Å². The number of aromatic nitrogens is 2. The summed E-state index contributed by atoms with van der Waals surface area (Å²) >= 11 is 0. The Labute approximate surface area is 311 Å². The maximum absolute atomic E-state index is 13.5. The van der Waals surface area contributed by atoms with Crippen molar-refractivity contribution in [1.82, 2.24) is 25.1 Å². The summed E-state index contributed by atoms with van der Waals surface area (Å²) in [6.45, 7) is 6.50. The molecule has 14 heteroatoms. The third-order valence-corrected chi connectivity index (χ3v) is 9.74. The standard InChI is InChI=1S/C38H37N5O9.C2H6/c1-2-23-26-17-43-29(15-25-27(37(43)49)19-52-38(50)36(25)48)35(26)41-28-10-9-22-8-7-21(14-24(22)34(23)28)18-51-20-40-31(45)16-39-30(44)6-4-3-5-13-42-32(46)11-12-33(42)47;1-2/h7-12,14-15,36,48H,2-6,13,16-20H2,1H3,(H,39,44)(H,40,45);1-2H3. The molecule has 0 spiro atoms. The number of carbonyl (C=O) groups excluding carboxylic acids is 5. The van der Waals surface area contributed by atoms with E-state index in [0.29, 0.717) is 50.2 Å². The minimum Gasteiger partial charge on any atom is -0.458 e. The second-order valence-electron chi connectivity index (χ2n) is 13.0. The molecule has 0 bridgehead atoms. The van der Waals surface area contributed by atoms with Crippen molar-refractivity contribution >= 4 is 51.3 Å². The van der Waals surface area contributed by atoms with E-state index in [1.54, 1.807) is 10.6 Å². The quantitative estimate of drug-likeness (QED) is 0.0532. The molecule has 14 nitrogen and oxygen atoms in total. The number of aliphatic hydroxyl groups is 1. The number of ether oxygens (including phenoxy) is 2. The number of benzene rings is 2. The number of rotatable bonds is 13. The lowest BCUT2D eigenvalue weighted by Crippen LogP contribution is -2.37. The molecule has 0 saturated heterocycles. The van der Waals surface area contributed by atoms with Crippen LogP contribution in [-0.2, 0) is 59.6 Å². The molecule has 0 saturated carbocycles. The fourth-order valence-corrected chi connectivity index (χ4v) is 7.08. The van der Waals surface area contributed by atoms with Crippen LogP contribution in [0.5, 0.6) is 0 Å². The molecular formula is C40H43N5O9. The highest BCUT2D eigenvalue weighted by molar-refractivity contribution is 6.13. The molecule has 54 heavy (non-hydrogen) atoms. The van der Waals surface area contributed by atoms with Crippen LogP contribution >= 0.6 is 0 Å². The van der Waals surface area contributed by atoms with Gasteiger partial charge in [-0.25, -0.2) is 9.78 Å². The number of unbranched alkanes of at least 4 members (excludes halogenated alkanes) is 2. The summed E-state index contributed by atoms with van der Waals surface area (Å²) < 4.78 is 12.4. The summed E-state index contributed by atoms with van der Waals surface area (Å²) in [6, 6.07) is 11.6. The third kappa shape index (κ3) is 7.52. The molecule has 3 N–H and O–H groups in total. The van der Waals surface area contributed by atoms with E-state index in [4.69, 9.17) is 14.5 Å². The van der Waals surface area contributed by atoms with Crippen LogP contribution < -0.4 is 16.2 Å². The van der Waals surface area contributed by atoms with Crippen LogP contribution in [0.3, 0.4) is 0 Å². The first-order valence-corrected chi connectivity index (χ1v) is 18.3. The number of amides is 4. The molecule has 5 heterocycles. The number of fused-ring (bicyclic) bond motifs is 7. The van der Waals surface area contributed by atoms with Crippen LogP contribution in [0.4, 0.5) is 0 Å². The van der Waals surface area contributed by atoms with Crippen LogP contribution in [0.15, 0.2) is 53.3 Å². The molecule has 0 fully saturated rings. The first kappa shape index (κ1) is 38.0. The number of carbonyl (C=O) groups is 5. The van der Waals surface area contributed by atoms with E-state index in [2.05, 4.69) is 17.6 Å². The summed E-state index contributed by atoms with van der Waals surface area (Å²) in [6.07, 6.45) is 3.72. The van der Waals surface area contributed by atoms with E-state index in [0.717, 1.165) is 38.4 Å². The van der Waals surface area contributed by atoms with Gasteiger partial charge in [0.1, 0.15) is 13.3 Å². The van der Waals surface area contributed by atoms with Crippen molar-refractivity contribution in [3.05, 3.63) is 86.7 Å². The number of nitrogens with one attached hydrogen (secondary N) is 2. The van der Waals surface area contributed by atoms with Crippen molar-refractivity contribution in [2.24, 2.45) is 0 Å². The SMILES string of the molecule is CC.CCc1c2c(nc3ccc4ccc(COCNC(=O)CNC(=O)CCCCCN5C(=O)C=CC5=O)cc4c13)-c1cc3c(c(=O)n1C2)COC(=O)C3O. The number of aryl methyl sites for hydroxylation is 1. The van der Waals surface area contributed by atoms with Gasteiger partial charge in [0.05, 0.1) is 42.2 Å². The molecular weight excluding hydrogens is 694 g/mol. The number of cyclic esters (lactones) is 1. The van der Waals surface area contributed by atoms with Gasteiger partial charge in [0, 0.05) is 41.6 Å². The number of pyridine rings is 2. The predicted octanol–water partition coefficient (Wildman–Crippen LogP) is 3.45. The maximum atomic E-state index is 13.5. The lowest BCUT2D eigenvalue weighted by Gasteiger charge is -2.21. The molecule has 0 radical (unpaired) electrons. The highest BCUT2D eigenvalue weighted by atomic mass is 16.5. The van der Waals surface area contributed by atoms with Gasteiger partial charge < -0.3 is 29.8 Å². The number of nitrogens with zero attached hydrogens (tertiary/aromatic N) is 3. The molecule has 2 aromatic heterocycles. The van der Waals surface area contributed by atoms with Crippen LogP contribution in [0.25, 0.3) is 33.1 Å². The molecule has 4 amide bonds. The zero-order valence-electron chi connectivity index (χ0n) is 30.5. The number of esters is 1. The second-order valence-corrected chi connectivity index (χ2v) is 13.0. The van der Waals surface area contributed by atoms with Crippen LogP contribution in [0, 0.1) is 0 Å². The predicted molar refractivity (Wildman–Crippen MR) is 199 cm³/mol. The first-order chi connectivity index (χ1) is 26.1. The fourth-order valence-electron chi connectivity index (χ4n) is 7.08. The molecule has 1 atom stereocenters. The largest absolute Gasteiger partial charge is 0.458 e. The van der Waals surface area contributed by atoms with Crippen LogP contribution in [-0.4, -0.2) is 69.0 Å². The zero-order chi connectivity index (χ0) is 38.5. The van der Waals surface area contributed by atoms with Crippen molar-refractivity contribution in [3.8, 4) is 11.4 Å². The van der Waals surface area contributed by atoms with Gasteiger partial charge in [-0.05, 0) is 59.4 Å². The van der Waals surface area contributed by atoms with Gasteiger partial charge in [0.2, 0.25) is 11.8 Å². The highest BCUT2D eigenvalue weighted by Crippen LogP contribution is 2.40. The number of imide groups is 1. The van der Waals surface area contributed by atoms with Crippen molar-refractivity contribution in [1.29, 1.82) is 0 Å².